The highest BCUT2D eigenvalue weighted by atomic mass is 32.1. The van der Waals surface area contributed by atoms with Gasteiger partial charge in [0.15, 0.2) is 11.5 Å². The van der Waals surface area contributed by atoms with E-state index in [0.29, 0.717) is 28.5 Å². The Bertz CT molecular complexity index is 490. The molecule has 6 nitrogen and oxygen atoms in total. The Morgan fingerprint density at radius 2 is 2.21 bits per heavy atom. The van der Waals surface area contributed by atoms with Gasteiger partial charge in [-0.2, -0.15) is 0 Å². The summed E-state index contributed by atoms with van der Waals surface area (Å²) in [7, 11) is 0. The predicted octanol–water partition coefficient (Wildman–Crippen LogP) is -0.305. The second-order valence-corrected chi connectivity index (χ2v) is 3.29. The average molecular weight is 208 g/mol. The Morgan fingerprint density at radius 3 is 2.93 bits per heavy atom. The van der Waals surface area contributed by atoms with Crippen LogP contribution >= 0.6 is 12.2 Å². The number of imidazole rings is 1. The van der Waals surface area contributed by atoms with Crippen molar-refractivity contribution in [3.05, 3.63) is 12.7 Å². The molecule has 0 saturated heterocycles. The molecule has 0 saturated carbocycles. The van der Waals surface area contributed by atoms with Gasteiger partial charge in [-0.05, 0) is 0 Å². The summed E-state index contributed by atoms with van der Waals surface area (Å²) in [5.41, 5.74) is 12.2. The molecule has 0 bridgehead atoms. The highest BCUT2D eigenvalue weighted by Crippen LogP contribution is 2.13. The molecule has 0 atom stereocenters. The molecule has 0 aliphatic rings. The minimum absolute atomic E-state index is 0.358. The number of aromatic nitrogens is 4. The number of nitrogen functional groups attached to an aromatic ring is 1. The van der Waals surface area contributed by atoms with Crippen LogP contribution in [-0.4, -0.2) is 24.5 Å². The zero-order chi connectivity index (χ0) is 10.1. The molecule has 2 heterocycles. The smallest absolute Gasteiger partial charge is 0.165 e. The lowest BCUT2D eigenvalue weighted by Gasteiger charge is -2.00. The molecule has 0 aromatic carbocycles. The Morgan fingerprint density at radius 1 is 1.43 bits per heavy atom. The summed E-state index contributed by atoms with van der Waals surface area (Å²) in [5.74, 6) is 0.358. The Labute approximate surface area is 85.0 Å². The number of anilines is 1. The molecule has 2 rings (SSSR count). The van der Waals surface area contributed by atoms with Crippen molar-refractivity contribution in [2.45, 2.75) is 6.54 Å². The van der Waals surface area contributed by atoms with Crippen LogP contribution in [-0.2, 0) is 6.54 Å². The molecule has 2 aromatic heterocycles. The Balaban J connectivity index is 2.58. The van der Waals surface area contributed by atoms with Crippen molar-refractivity contribution in [3.63, 3.8) is 0 Å². The fourth-order valence-corrected chi connectivity index (χ4v) is 1.32. The van der Waals surface area contributed by atoms with E-state index >= 15 is 0 Å². The van der Waals surface area contributed by atoms with Gasteiger partial charge in [0, 0.05) is 0 Å². The Kier molecular flexibility index (Phi) is 2.01. The van der Waals surface area contributed by atoms with Crippen LogP contribution in [0.2, 0.25) is 0 Å². The number of hydrogen-bond acceptors (Lipinski definition) is 5. The van der Waals surface area contributed by atoms with E-state index in [0.717, 1.165) is 0 Å². The van der Waals surface area contributed by atoms with E-state index < -0.39 is 0 Å². The maximum absolute atomic E-state index is 5.61. The van der Waals surface area contributed by atoms with Gasteiger partial charge < -0.3 is 16.0 Å². The fourth-order valence-electron chi connectivity index (χ4n) is 1.18. The van der Waals surface area contributed by atoms with Crippen molar-refractivity contribution in [2.24, 2.45) is 5.73 Å². The van der Waals surface area contributed by atoms with Gasteiger partial charge in [0.25, 0.3) is 0 Å². The first-order valence-electron chi connectivity index (χ1n) is 3.88. The van der Waals surface area contributed by atoms with Crippen LogP contribution < -0.4 is 11.5 Å². The summed E-state index contributed by atoms with van der Waals surface area (Å²) in [6.07, 6.45) is 2.98. The quantitative estimate of drug-likeness (QED) is 0.657. The molecule has 0 radical (unpaired) electrons. The second-order valence-electron chi connectivity index (χ2n) is 2.77. The van der Waals surface area contributed by atoms with Crippen LogP contribution in [0, 0.1) is 0 Å². The van der Waals surface area contributed by atoms with Crippen LogP contribution in [0.25, 0.3) is 11.2 Å². The monoisotopic (exact) mass is 208 g/mol. The van der Waals surface area contributed by atoms with E-state index in [1.807, 2.05) is 0 Å². The molecule has 2 aromatic rings. The summed E-state index contributed by atoms with van der Waals surface area (Å²) in [4.78, 5) is 12.3. The molecule has 0 amide bonds. The Hall–Kier alpha value is -1.76. The van der Waals surface area contributed by atoms with E-state index in [1.165, 1.54) is 6.33 Å². The normalized spacial score (nSPS) is 10.6. The van der Waals surface area contributed by atoms with Gasteiger partial charge in [0.05, 0.1) is 17.9 Å². The van der Waals surface area contributed by atoms with Crippen molar-refractivity contribution >= 4 is 34.2 Å². The molecule has 0 fully saturated rings. The molecule has 4 N–H and O–H groups in total. The summed E-state index contributed by atoms with van der Waals surface area (Å²) >= 11 is 4.79. The minimum Gasteiger partial charge on any atom is -0.392 e. The molecule has 0 aliphatic heterocycles. The van der Waals surface area contributed by atoms with Crippen molar-refractivity contribution in [1.82, 2.24) is 19.5 Å². The topological polar surface area (TPSA) is 95.6 Å². The molecule has 72 valence electrons. The number of fused-ring (bicyclic) bond motifs is 1. The van der Waals surface area contributed by atoms with Crippen LogP contribution in [0.5, 0.6) is 0 Å². The lowest BCUT2D eigenvalue weighted by atomic mass is 10.5. The summed E-state index contributed by atoms with van der Waals surface area (Å²) in [5, 5.41) is 0. The summed E-state index contributed by atoms with van der Waals surface area (Å²) < 4.78 is 1.73. The third-order valence-electron chi connectivity index (χ3n) is 1.76. The molecular formula is C7H8N6S. The van der Waals surface area contributed by atoms with E-state index in [9.17, 15) is 0 Å². The van der Waals surface area contributed by atoms with Crippen molar-refractivity contribution in [2.75, 3.05) is 5.73 Å². The molecule has 0 unspecified atom stereocenters. The molecule has 14 heavy (non-hydrogen) atoms. The van der Waals surface area contributed by atoms with Crippen LogP contribution in [0.15, 0.2) is 12.7 Å². The van der Waals surface area contributed by atoms with Gasteiger partial charge in [-0.1, -0.05) is 12.2 Å². The maximum atomic E-state index is 5.61. The molecule has 0 aliphatic carbocycles. The minimum atomic E-state index is 0.358. The van der Waals surface area contributed by atoms with Gasteiger partial charge in [-0.3, -0.25) is 0 Å². The number of hydrogen-bond donors (Lipinski definition) is 2. The summed E-state index contributed by atoms with van der Waals surface area (Å²) in [6.45, 7) is 0.405. The third kappa shape index (κ3) is 1.37. The highest BCUT2D eigenvalue weighted by molar-refractivity contribution is 7.80. The lowest BCUT2D eigenvalue weighted by molar-refractivity contribution is 0.869. The number of thiocarbonyl (C=S) groups is 1. The van der Waals surface area contributed by atoms with Crippen LogP contribution in [0.4, 0.5) is 5.82 Å². The molecule has 7 heteroatoms. The average Bonchev–Trinajstić information content (AvgIpc) is 2.49. The predicted molar refractivity (Wildman–Crippen MR) is 56.5 cm³/mol. The van der Waals surface area contributed by atoms with Gasteiger partial charge in [0.2, 0.25) is 0 Å². The lowest BCUT2D eigenvalue weighted by Crippen LogP contribution is -2.16. The van der Waals surface area contributed by atoms with Crippen molar-refractivity contribution < 1.29 is 0 Å². The van der Waals surface area contributed by atoms with E-state index in [-0.39, 0.29) is 0 Å². The summed E-state index contributed by atoms with van der Waals surface area (Å²) in [6, 6.07) is 0. The molecule has 0 spiro atoms. The SMILES string of the molecule is NC(=S)Cn1cnc2c(N)ncnc21. The molecular weight excluding hydrogens is 200 g/mol. The second kappa shape index (κ2) is 3.18. The number of nitrogens with zero attached hydrogens (tertiary/aromatic N) is 4. The van der Waals surface area contributed by atoms with Gasteiger partial charge in [0.1, 0.15) is 11.8 Å². The standard InChI is InChI=1S/C7H8N6S/c8-4(14)1-13-3-12-5-6(9)10-2-11-7(5)13/h2-3H,1H2,(H2,8,14)(H2,9,10,11). The first-order chi connectivity index (χ1) is 6.68. The first-order valence-corrected chi connectivity index (χ1v) is 4.29. The van der Waals surface area contributed by atoms with Gasteiger partial charge >= 0.3 is 0 Å². The van der Waals surface area contributed by atoms with Gasteiger partial charge in [-0.25, -0.2) is 15.0 Å². The largest absolute Gasteiger partial charge is 0.392 e. The van der Waals surface area contributed by atoms with Crippen molar-refractivity contribution in [3.8, 4) is 0 Å². The van der Waals surface area contributed by atoms with Crippen LogP contribution in [0.1, 0.15) is 0 Å². The third-order valence-corrected chi connectivity index (χ3v) is 1.88. The first kappa shape index (κ1) is 8.82. The van der Waals surface area contributed by atoms with E-state index in [1.54, 1.807) is 10.9 Å². The zero-order valence-corrected chi connectivity index (χ0v) is 8.03. The van der Waals surface area contributed by atoms with Gasteiger partial charge in [-0.15, -0.1) is 0 Å². The maximum Gasteiger partial charge on any atom is 0.165 e. The van der Waals surface area contributed by atoms with Crippen LogP contribution in [0.3, 0.4) is 0 Å². The van der Waals surface area contributed by atoms with Crippen molar-refractivity contribution in [1.29, 1.82) is 0 Å². The number of nitrogens with two attached hydrogens (primary N) is 2. The zero-order valence-electron chi connectivity index (χ0n) is 7.21. The van der Waals surface area contributed by atoms with E-state index in [4.69, 9.17) is 23.7 Å². The number of rotatable bonds is 2. The fraction of sp³-hybridized carbons (Fsp3) is 0.143. The highest BCUT2D eigenvalue weighted by Gasteiger charge is 2.07. The van der Waals surface area contributed by atoms with E-state index in [2.05, 4.69) is 15.0 Å².